The summed E-state index contributed by atoms with van der Waals surface area (Å²) in [5.74, 6) is 0.529. The molecule has 4 rings (SSSR count). The van der Waals surface area contributed by atoms with Crippen LogP contribution in [0.4, 0.5) is 9.18 Å². The molecule has 7 heteroatoms. The average Bonchev–Trinajstić information content (AvgIpc) is 2.98. The molecule has 3 atom stereocenters. The van der Waals surface area contributed by atoms with Gasteiger partial charge < -0.3 is 19.5 Å². The highest BCUT2D eigenvalue weighted by atomic mass is 19.1. The van der Waals surface area contributed by atoms with Gasteiger partial charge in [0.15, 0.2) is 0 Å². The van der Waals surface area contributed by atoms with Crippen LogP contribution < -0.4 is 10.1 Å². The van der Waals surface area contributed by atoms with Crippen LogP contribution in [0.1, 0.15) is 32.8 Å². The molecular formula is C24H31FN2O4. The van der Waals surface area contributed by atoms with Gasteiger partial charge in [0.2, 0.25) is 0 Å². The topological polar surface area (TPSA) is 60.0 Å². The minimum atomic E-state index is -0.532. The number of rotatable bonds is 5. The molecule has 0 radical (unpaired) electrons. The molecule has 2 aromatic rings. The molecule has 0 aromatic heterocycles. The van der Waals surface area contributed by atoms with Gasteiger partial charge in [-0.05, 0) is 68.1 Å². The van der Waals surface area contributed by atoms with Crippen LogP contribution in [0, 0.1) is 5.82 Å². The van der Waals surface area contributed by atoms with Gasteiger partial charge in [-0.1, -0.05) is 12.1 Å². The number of methoxy groups -OCH3 is 1. The lowest BCUT2D eigenvalue weighted by Gasteiger charge is -2.33. The number of hydrogen-bond acceptors (Lipinski definition) is 5. The fraction of sp³-hybridized carbons (Fsp3) is 0.542. The molecule has 2 saturated heterocycles. The minimum Gasteiger partial charge on any atom is -0.497 e. The molecule has 2 fully saturated rings. The van der Waals surface area contributed by atoms with E-state index in [1.54, 1.807) is 13.2 Å². The second-order valence-electron chi connectivity index (χ2n) is 9.41. The number of nitrogens with one attached hydrogen (secondary N) is 1. The molecule has 3 unspecified atom stereocenters. The van der Waals surface area contributed by atoms with Crippen LogP contribution in [0.2, 0.25) is 0 Å². The number of ether oxygens (including phenoxy) is 3. The van der Waals surface area contributed by atoms with Crippen LogP contribution in [0.3, 0.4) is 0 Å². The Labute approximate surface area is 182 Å². The summed E-state index contributed by atoms with van der Waals surface area (Å²) in [4.78, 5) is 14.5. The highest BCUT2D eigenvalue weighted by molar-refractivity contribution is 5.87. The third-order valence-electron chi connectivity index (χ3n) is 5.90. The summed E-state index contributed by atoms with van der Waals surface area (Å²) in [6, 6.07) is 9.02. The lowest BCUT2D eigenvalue weighted by molar-refractivity contribution is -0.0427. The summed E-state index contributed by atoms with van der Waals surface area (Å²) in [5, 5.41) is 4.85. The van der Waals surface area contributed by atoms with E-state index in [0.29, 0.717) is 18.5 Å². The number of halogens is 1. The highest BCUT2D eigenvalue weighted by Gasteiger charge is 2.42. The molecule has 0 aliphatic carbocycles. The number of nitrogens with zero attached hydrogens (tertiary/aromatic N) is 1. The zero-order valence-electron chi connectivity index (χ0n) is 18.6. The van der Waals surface area contributed by atoms with Crippen LogP contribution in [0.15, 0.2) is 30.3 Å². The van der Waals surface area contributed by atoms with Crippen molar-refractivity contribution in [3.05, 3.63) is 41.7 Å². The number of benzene rings is 2. The lowest BCUT2D eigenvalue weighted by atomic mass is 10.0. The molecule has 2 aromatic carbocycles. The Morgan fingerprint density at radius 1 is 1.26 bits per heavy atom. The van der Waals surface area contributed by atoms with Crippen molar-refractivity contribution in [1.29, 1.82) is 0 Å². The maximum Gasteiger partial charge on any atom is 0.407 e. The Hall–Kier alpha value is -2.38. The number of alkyl carbamates (subject to hydrolysis) is 1. The Balaban J connectivity index is 1.40. The summed E-state index contributed by atoms with van der Waals surface area (Å²) < 4.78 is 31.4. The van der Waals surface area contributed by atoms with E-state index in [9.17, 15) is 9.18 Å². The van der Waals surface area contributed by atoms with Crippen LogP contribution in [-0.2, 0) is 15.9 Å². The number of likely N-dealkylation sites (tertiary alicyclic amines) is 1. The summed E-state index contributed by atoms with van der Waals surface area (Å²) in [6.07, 6.45) is 0.937. The Morgan fingerprint density at radius 2 is 2.03 bits per heavy atom. The van der Waals surface area contributed by atoms with Gasteiger partial charge in [0.25, 0.3) is 0 Å². The monoisotopic (exact) mass is 430 g/mol. The number of carbonyl (C=O) groups excluding carboxylic acids is 1. The number of carbonyl (C=O) groups is 1. The summed E-state index contributed by atoms with van der Waals surface area (Å²) in [6.45, 7) is 7.74. The smallest absolute Gasteiger partial charge is 0.407 e. The molecule has 168 valence electrons. The third kappa shape index (κ3) is 5.10. The van der Waals surface area contributed by atoms with E-state index in [4.69, 9.17) is 14.2 Å². The van der Waals surface area contributed by atoms with Crippen LogP contribution >= 0.6 is 0 Å². The first-order valence-electron chi connectivity index (χ1n) is 10.8. The van der Waals surface area contributed by atoms with Gasteiger partial charge >= 0.3 is 6.09 Å². The second-order valence-corrected chi connectivity index (χ2v) is 9.41. The van der Waals surface area contributed by atoms with Crippen molar-refractivity contribution >= 4 is 16.9 Å². The van der Waals surface area contributed by atoms with Gasteiger partial charge in [-0.2, -0.15) is 0 Å². The summed E-state index contributed by atoms with van der Waals surface area (Å²) >= 11 is 0. The highest BCUT2D eigenvalue weighted by Crippen LogP contribution is 2.29. The first-order valence-corrected chi connectivity index (χ1v) is 10.8. The van der Waals surface area contributed by atoms with E-state index in [0.717, 1.165) is 36.0 Å². The van der Waals surface area contributed by atoms with E-state index in [1.165, 1.54) is 6.07 Å². The van der Waals surface area contributed by atoms with Crippen molar-refractivity contribution in [2.75, 3.05) is 26.7 Å². The zero-order valence-corrected chi connectivity index (χ0v) is 18.6. The normalized spacial score (nSPS) is 23.7. The van der Waals surface area contributed by atoms with E-state index >= 15 is 0 Å². The molecule has 6 nitrogen and oxygen atoms in total. The quantitative estimate of drug-likeness (QED) is 0.780. The summed E-state index contributed by atoms with van der Waals surface area (Å²) in [7, 11) is 1.62. The Kier molecular flexibility index (Phi) is 6.08. The molecule has 2 bridgehead atoms. The van der Waals surface area contributed by atoms with Gasteiger partial charge in [-0.15, -0.1) is 0 Å². The maximum atomic E-state index is 14.7. The molecule has 1 N–H and O–H groups in total. The maximum absolute atomic E-state index is 14.7. The van der Waals surface area contributed by atoms with Gasteiger partial charge in [-0.25, -0.2) is 9.18 Å². The zero-order chi connectivity index (χ0) is 22.2. The van der Waals surface area contributed by atoms with Crippen molar-refractivity contribution in [3.8, 4) is 5.75 Å². The molecule has 1 amide bonds. The number of morpholine rings is 1. The summed E-state index contributed by atoms with van der Waals surface area (Å²) in [5.41, 5.74) is 0.175. The van der Waals surface area contributed by atoms with Crippen LogP contribution in [0.25, 0.3) is 10.8 Å². The fourth-order valence-electron chi connectivity index (χ4n) is 4.52. The van der Waals surface area contributed by atoms with Crippen LogP contribution in [-0.4, -0.2) is 61.6 Å². The van der Waals surface area contributed by atoms with Crippen molar-refractivity contribution in [2.24, 2.45) is 0 Å². The predicted octanol–water partition coefficient (Wildman–Crippen LogP) is 3.90. The van der Waals surface area contributed by atoms with Gasteiger partial charge in [0.05, 0.1) is 25.4 Å². The molecule has 2 aliphatic heterocycles. The van der Waals surface area contributed by atoms with Gasteiger partial charge in [-0.3, -0.25) is 4.90 Å². The van der Waals surface area contributed by atoms with Gasteiger partial charge in [0, 0.05) is 19.6 Å². The molecule has 2 heterocycles. The molecule has 2 aliphatic rings. The van der Waals surface area contributed by atoms with Crippen LogP contribution in [0.5, 0.6) is 5.75 Å². The Morgan fingerprint density at radius 3 is 2.77 bits per heavy atom. The van der Waals surface area contributed by atoms with E-state index in [1.807, 2.05) is 39.0 Å². The number of amides is 1. The fourth-order valence-corrected chi connectivity index (χ4v) is 4.52. The second kappa shape index (κ2) is 8.63. The minimum absolute atomic E-state index is 0.0659. The lowest BCUT2D eigenvalue weighted by Crippen LogP contribution is -2.49. The Bertz CT molecular complexity index is 958. The van der Waals surface area contributed by atoms with Crippen molar-refractivity contribution in [2.45, 2.75) is 57.5 Å². The first-order chi connectivity index (χ1) is 14.7. The number of hydrogen-bond donors (Lipinski definition) is 1. The van der Waals surface area contributed by atoms with E-state index in [-0.39, 0.29) is 24.1 Å². The predicted molar refractivity (Wildman–Crippen MR) is 117 cm³/mol. The van der Waals surface area contributed by atoms with Crippen molar-refractivity contribution < 1.29 is 23.4 Å². The molecule has 31 heavy (non-hydrogen) atoms. The first kappa shape index (κ1) is 21.8. The molecular weight excluding hydrogens is 399 g/mol. The molecule has 0 saturated carbocycles. The van der Waals surface area contributed by atoms with Crippen molar-refractivity contribution in [1.82, 2.24) is 10.2 Å². The van der Waals surface area contributed by atoms with Crippen molar-refractivity contribution in [3.63, 3.8) is 0 Å². The third-order valence-corrected chi connectivity index (χ3v) is 5.90. The van der Waals surface area contributed by atoms with Gasteiger partial charge in [0.1, 0.15) is 17.2 Å². The standard InChI is InChI=1S/C24H31FN2O4/c1-24(2,3)31-23(28)26-21-12-17-13-27(14-22(21)30-17)10-9-18-19-11-16(29-4)7-5-15(19)6-8-20(18)25/h5-8,11,17,21-22H,9-10,12-14H2,1-4H3,(H,26,28). The average molecular weight is 431 g/mol. The van der Waals surface area contributed by atoms with E-state index in [2.05, 4.69) is 10.2 Å². The number of fused-ring (bicyclic) bond motifs is 3. The molecule has 0 spiro atoms. The van der Waals surface area contributed by atoms with E-state index < -0.39 is 11.7 Å². The SMILES string of the molecule is COc1ccc2ccc(F)c(CCN3CC4CC(NC(=O)OC(C)(C)C)C(C3)O4)c2c1. The largest absolute Gasteiger partial charge is 0.497 e.